The first-order chi connectivity index (χ1) is 9.25. The van der Waals surface area contributed by atoms with Crippen LogP contribution in [0.2, 0.25) is 0 Å². The third-order valence-electron chi connectivity index (χ3n) is 3.67. The summed E-state index contributed by atoms with van der Waals surface area (Å²) in [5, 5.41) is 2.93. The first-order valence-electron chi connectivity index (χ1n) is 7.33. The lowest BCUT2D eigenvalue weighted by atomic mass is 10.1. The maximum absolute atomic E-state index is 11.2. The minimum absolute atomic E-state index is 0.000108. The van der Waals surface area contributed by atoms with Crippen LogP contribution in [0, 0.1) is 0 Å². The summed E-state index contributed by atoms with van der Waals surface area (Å²) in [5.41, 5.74) is 2.18. The number of hydrogen-bond donors (Lipinski definition) is 1. The van der Waals surface area contributed by atoms with Gasteiger partial charge in [-0.25, -0.2) is 0 Å². The van der Waals surface area contributed by atoms with Gasteiger partial charge in [0.1, 0.15) is 0 Å². The number of hydrogen-bond acceptors (Lipinski definition) is 2. The molecule has 104 valence electrons. The summed E-state index contributed by atoms with van der Waals surface area (Å²) < 4.78 is 0. The topological polar surface area (TPSA) is 32.3 Å². The SMILES string of the molecule is CC(=O)Nc1ccccc1CN1CCCCCCC1. The number of carbonyl (C=O) groups excluding carboxylic acids is 1. The van der Waals surface area contributed by atoms with Gasteiger partial charge in [-0.15, -0.1) is 0 Å². The van der Waals surface area contributed by atoms with Crippen molar-refractivity contribution in [2.75, 3.05) is 18.4 Å². The molecule has 0 atom stereocenters. The summed E-state index contributed by atoms with van der Waals surface area (Å²) in [6, 6.07) is 8.12. The monoisotopic (exact) mass is 260 g/mol. The molecule has 0 spiro atoms. The van der Waals surface area contributed by atoms with E-state index < -0.39 is 0 Å². The molecule has 1 aliphatic heterocycles. The lowest BCUT2D eigenvalue weighted by molar-refractivity contribution is -0.114. The number of para-hydroxylation sites is 1. The van der Waals surface area contributed by atoms with E-state index in [0.29, 0.717) is 0 Å². The van der Waals surface area contributed by atoms with Gasteiger partial charge >= 0.3 is 0 Å². The van der Waals surface area contributed by atoms with Gasteiger partial charge in [-0.2, -0.15) is 0 Å². The second-order valence-corrected chi connectivity index (χ2v) is 5.38. The predicted molar refractivity (Wildman–Crippen MR) is 79.1 cm³/mol. The van der Waals surface area contributed by atoms with Crippen molar-refractivity contribution in [2.45, 2.75) is 45.6 Å². The van der Waals surface area contributed by atoms with Crippen molar-refractivity contribution in [1.29, 1.82) is 0 Å². The Morgan fingerprint density at radius 1 is 1.11 bits per heavy atom. The lowest BCUT2D eigenvalue weighted by Crippen LogP contribution is -2.27. The van der Waals surface area contributed by atoms with Crippen LogP contribution in [0.1, 0.15) is 44.6 Å². The highest BCUT2D eigenvalue weighted by atomic mass is 16.1. The highest BCUT2D eigenvalue weighted by Gasteiger charge is 2.11. The zero-order valence-corrected chi connectivity index (χ0v) is 11.8. The van der Waals surface area contributed by atoms with Crippen LogP contribution in [0.4, 0.5) is 5.69 Å². The molecule has 3 heteroatoms. The Hall–Kier alpha value is -1.35. The summed E-state index contributed by atoms with van der Waals surface area (Å²) in [7, 11) is 0. The van der Waals surface area contributed by atoms with Crippen molar-refractivity contribution >= 4 is 11.6 Å². The normalized spacial score (nSPS) is 17.5. The average molecular weight is 260 g/mol. The second kappa shape index (κ2) is 7.29. The highest BCUT2D eigenvalue weighted by Crippen LogP contribution is 2.19. The van der Waals surface area contributed by atoms with E-state index in [1.807, 2.05) is 18.2 Å². The molecule has 0 radical (unpaired) electrons. The van der Waals surface area contributed by atoms with Crippen LogP contribution in [0.15, 0.2) is 24.3 Å². The van der Waals surface area contributed by atoms with Crippen LogP contribution in [-0.4, -0.2) is 23.9 Å². The van der Waals surface area contributed by atoms with Gasteiger partial charge in [0.2, 0.25) is 5.91 Å². The molecule has 2 rings (SSSR count). The number of nitrogens with one attached hydrogen (secondary N) is 1. The van der Waals surface area contributed by atoms with E-state index >= 15 is 0 Å². The summed E-state index contributed by atoms with van der Waals surface area (Å²) in [6.07, 6.45) is 6.68. The van der Waals surface area contributed by atoms with E-state index in [9.17, 15) is 4.79 Å². The Kier molecular flexibility index (Phi) is 5.40. The Balaban J connectivity index is 2.02. The summed E-state index contributed by atoms with van der Waals surface area (Å²) >= 11 is 0. The quantitative estimate of drug-likeness (QED) is 0.903. The molecule has 1 heterocycles. The van der Waals surface area contributed by atoms with Crippen molar-refractivity contribution in [2.24, 2.45) is 0 Å². The minimum Gasteiger partial charge on any atom is -0.326 e. The smallest absolute Gasteiger partial charge is 0.221 e. The van der Waals surface area contributed by atoms with Gasteiger partial charge in [-0.1, -0.05) is 37.5 Å². The molecular weight excluding hydrogens is 236 g/mol. The van der Waals surface area contributed by atoms with E-state index in [1.165, 1.54) is 50.8 Å². The number of amides is 1. The fourth-order valence-electron chi connectivity index (χ4n) is 2.68. The van der Waals surface area contributed by atoms with Gasteiger partial charge in [-0.3, -0.25) is 9.69 Å². The fourth-order valence-corrected chi connectivity index (χ4v) is 2.68. The van der Waals surface area contributed by atoms with Crippen molar-refractivity contribution < 1.29 is 4.79 Å². The molecule has 1 fully saturated rings. The molecule has 1 N–H and O–H groups in total. The largest absolute Gasteiger partial charge is 0.326 e. The number of nitrogens with zero attached hydrogens (tertiary/aromatic N) is 1. The fraction of sp³-hybridized carbons (Fsp3) is 0.562. The zero-order chi connectivity index (χ0) is 13.5. The van der Waals surface area contributed by atoms with Gasteiger partial charge in [0.05, 0.1) is 0 Å². The molecule has 0 saturated carbocycles. The number of rotatable bonds is 3. The zero-order valence-electron chi connectivity index (χ0n) is 11.8. The lowest BCUT2D eigenvalue weighted by Gasteiger charge is -2.25. The minimum atomic E-state index is 0.000108. The first kappa shape index (κ1) is 14.1. The molecule has 1 aromatic carbocycles. The first-order valence-corrected chi connectivity index (χ1v) is 7.33. The van der Waals surface area contributed by atoms with E-state index in [2.05, 4.69) is 16.3 Å². The molecule has 1 saturated heterocycles. The molecule has 1 amide bonds. The highest BCUT2D eigenvalue weighted by molar-refractivity contribution is 5.89. The van der Waals surface area contributed by atoms with E-state index in [0.717, 1.165) is 12.2 Å². The average Bonchev–Trinajstić information content (AvgIpc) is 2.34. The molecule has 1 aromatic rings. The van der Waals surface area contributed by atoms with E-state index in [4.69, 9.17) is 0 Å². The van der Waals surface area contributed by atoms with Crippen LogP contribution in [-0.2, 0) is 11.3 Å². The molecule has 3 nitrogen and oxygen atoms in total. The Labute approximate surface area is 116 Å². The predicted octanol–water partition coefficient (Wildman–Crippen LogP) is 3.41. The Morgan fingerprint density at radius 2 is 1.74 bits per heavy atom. The Morgan fingerprint density at radius 3 is 2.42 bits per heavy atom. The summed E-state index contributed by atoms with van der Waals surface area (Å²) in [5.74, 6) is 0.000108. The van der Waals surface area contributed by atoms with Crippen molar-refractivity contribution in [3.63, 3.8) is 0 Å². The van der Waals surface area contributed by atoms with Crippen molar-refractivity contribution in [1.82, 2.24) is 4.90 Å². The summed E-state index contributed by atoms with van der Waals surface area (Å²) in [6.45, 7) is 4.85. The van der Waals surface area contributed by atoms with Gasteiger partial charge < -0.3 is 5.32 Å². The van der Waals surface area contributed by atoms with Crippen LogP contribution in [0.25, 0.3) is 0 Å². The Bertz CT molecular complexity index is 409. The van der Waals surface area contributed by atoms with Gasteiger partial charge in [0.25, 0.3) is 0 Å². The van der Waals surface area contributed by atoms with Gasteiger partial charge in [-0.05, 0) is 37.6 Å². The molecular formula is C16H24N2O. The van der Waals surface area contributed by atoms with Crippen molar-refractivity contribution in [3.05, 3.63) is 29.8 Å². The van der Waals surface area contributed by atoms with Crippen LogP contribution >= 0.6 is 0 Å². The summed E-state index contributed by atoms with van der Waals surface area (Å²) in [4.78, 5) is 13.7. The third kappa shape index (κ3) is 4.67. The maximum Gasteiger partial charge on any atom is 0.221 e. The molecule has 19 heavy (non-hydrogen) atoms. The van der Waals surface area contributed by atoms with E-state index in [-0.39, 0.29) is 5.91 Å². The van der Waals surface area contributed by atoms with Crippen LogP contribution < -0.4 is 5.32 Å². The number of likely N-dealkylation sites (tertiary alicyclic amines) is 1. The molecule has 0 aromatic heterocycles. The molecule has 0 bridgehead atoms. The van der Waals surface area contributed by atoms with Crippen LogP contribution in [0.3, 0.4) is 0 Å². The number of anilines is 1. The molecule has 1 aliphatic rings. The maximum atomic E-state index is 11.2. The van der Waals surface area contributed by atoms with E-state index in [1.54, 1.807) is 6.92 Å². The van der Waals surface area contributed by atoms with Gasteiger partial charge in [0, 0.05) is 19.2 Å². The second-order valence-electron chi connectivity index (χ2n) is 5.38. The third-order valence-corrected chi connectivity index (χ3v) is 3.67. The van der Waals surface area contributed by atoms with Crippen LogP contribution in [0.5, 0.6) is 0 Å². The van der Waals surface area contributed by atoms with Crippen molar-refractivity contribution in [3.8, 4) is 0 Å². The van der Waals surface area contributed by atoms with Gasteiger partial charge in [0.15, 0.2) is 0 Å². The number of carbonyl (C=O) groups is 1. The standard InChI is InChI=1S/C16H24N2O/c1-14(19)17-16-10-6-5-9-15(16)13-18-11-7-3-2-4-8-12-18/h5-6,9-10H,2-4,7-8,11-13H2,1H3,(H,17,19). The molecule has 0 unspecified atom stereocenters. The molecule has 0 aliphatic carbocycles. The number of benzene rings is 1.